The van der Waals surface area contributed by atoms with E-state index >= 15 is 0 Å². The van der Waals surface area contributed by atoms with E-state index in [1.54, 1.807) is 24.3 Å². The minimum atomic E-state index is -0.682. The summed E-state index contributed by atoms with van der Waals surface area (Å²) in [6.07, 6.45) is 0. The second-order valence-corrected chi connectivity index (χ2v) is 3.28. The van der Waals surface area contributed by atoms with Crippen LogP contribution >= 0.6 is 0 Å². The molecule has 0 radical (unpaired) electrons. The fourth-order valence-corrected chi connectivity index (χ4v) is 1.30. The van der Waals surface area contributed by atoms with E-state index in [4.69, 9.17) is 10.5 Å². The summed E-state index contributed by atoms with van der Waals surface area (Å²) in [6.45, 7) is 0. The summed E-state index contributed by atoms with van der Waals surface area (Å²) in [6, 6.07) is 9.60. The van der Waals surface area contributed by atoms with Gasteiger partial charge < -0.3 is 10.5 Å². The molecule has 2 N–H and O–H groups in total. The van der Waals surface area contributed by atoms with Crippen molar-refractivity contribution in [3.8, 4) is 11.5 Å². The molecule has 0 aliphatic rings. The number of nitrogen functional groups attached to an aromatic ring is 1. The number of ether oxygens (including phenoxy) is 1. The molecule has 0 aliphatic carbocycles. The first-order chi connectivity index (χ1) is 7.63. The highest BCUT2D eigenvalue weighted by atomic mass is 19.1. The highest BCUT2D eigenvalue weighted by Crippen LogP contribution is 2.24. The monoisotopic (exact) mass is 221 g/mol. The SMILES string of the molecule is Nc1cccc(Oc2cc(F)cc(F)c2)c1. The quantitative estimate of drug-likeness (QED) is 0.789. The van der Waals surface area contributed by atoms with Crippen molar-refractivity contribution < 1.29 is 13.5 Å². The van der Waals surface area contributed by atoms with Crippen LogP contribution in [0.3, 0.4) is 0 Å². The van der Waals surface area contributed by atoms with Gasteiger partial charge in [-0.3, -0.25) is 0 Å². The Bertz CT molecular complexity index is 494. The molecule has 2 rings (SSSR count). The molecule has 0 bridgehead atoms. The average Bonchev–Trinajstić information content (AvgIpc) is 2.15. The maximum absolute atomic E-state index is 12.9. The van der Waals surface area contributed by atoms with Crippen LogP contribution in [0.4, 0.5) is 14.5 Å². The lowest BCUT2D eigenvalue weighted by Crippen LogP contribution is -1.89. The number of hydrogen-bond donors (Lipinski definition) is 1. The number of rotatable bonds is 2. The number of nitrogens with two attached hydrogens (primary N) is 1. The van der Waals surface area contributed by atoms with Crippen LogP contribution in [0.15, 0.2) is 42.5 Å². The van der Waals surface area contributed by atoms with E-state index in [-0.39, 0.29) is 5.75 Å². The molecule has 0 aromatic heterocycles. The van der Waals surface area contributed by atoms with Gasteiger partial charge in [-0.05, 0) is 12.1 Å². The Balaban J connectivity index is 2.27. The number of anilines is 1. The van der Waals surface area contributed by atoms with Gasteiger partial charge in [0.2, 0.25) is 0 Å². The lowest BCUT2D eigenvalue weighted by atomic mass is 10.3. The van der Waals surface area contributed by atoms with Crippen LogP contribution in [-0.2, 0) is 0 Å². The predicted molar refractivity (Wildman–Crippen MR) is 57.3 cm³/mol. The van der Waals surface area contributed by atoms with Gasteiger partial charge in [0.05, 0.1) is 0 Å². The Hall–Kier alpha value is -2.10. The molecule has 0 unspecified atom stereocenters. The Morgan fingerprint density at radius 2 is 1.56 bits per heavy atom. The zero-order valence-electron chi connectivity index (χ0n) is 8.28. The summed E-state index contributed by atoms with van der Waals surface area (Å²) in [4.78, 5) is 0. The second-order valence-electron chi connectivity index (χ2n) is 3.28. The fraction of sp³-hybridized carbons (Fsp3) is 0. The van der Waals surface area contributed by atoms with Crippen LogP contribution in [0, 0.1) is 11.6 Å². The van der Waals surface area contributed by atoms with Crippen LogP contribution in [0.25, 0.3) is 0 Å². The molecule has 4 heteroatoms. The van der Waals surface area contributed by atoms with Gasteiger partial charge in [0.1, 0.15) is 23.1 Å². The molecule has 2 aromatic rings. The third-order valence-electron chi connectivity index (χ3n) is 1.93. The van der Waals surface area contributed by atoms with E-state index < -0.39 is 11.6 Å². The first-order valence-electron chi connectivity index (χ1n) is 4.63. The smallest absolute Gasteiger partial charge is 0.133 e. The lowest BCUT2D eigenvalue weighted by molar-refractivity contribution is 0.468. The molecule has 0 saturated carbocycles. The van der Waals surface area contributed by atoms with Gasteiger partial charge in [-0.15, -0.1) is 0 Å². The molecule has 0 saturated heterocycles. The second kappa shape index (κ2) is 4.18. The van der Waals surface area contributed by atoms with E-state index in [0.29, 0.717) is 11.4 Å². The molecule has 0 spiro atoms. The molecule has 82 valence electrons. The number of halogens is 2. The molecule has 0 atom stereocenters. The molecule has 0 fully saturated rings. The zero-order chi connectivity index (χ0) is 11.5. The summed E-state index contributed by atoms with van der Waals surface area (Å²) in [7, 11) is 0. The highest BCUT2D eigenvalue weighted by Gasteiger charge is 2.02. The first-order valence-corrected chi connectivity index (χ1v) is 4.63. The van der Waals surface area contributed by atoms with E-state index in [0.717, 1.165) is 18.2 Å². The van der Waals surface area contributed by atoms with Crippen molar-refractivity contribution in [2.75, 3.05) is 5.73 Å². The van der Waals surface area contributed by atoms with Gasteiger partial charge in [0.25, 0.3) is 0 Å². The normalized spacial score (nSPS) is 10.1. The Labute approximate surface area is 91.3 Å². The van der Waals surface area contributed by atoms with Crippen LogP contribution in [0.5, 0.6) is 11.5 Å². The third kappa shape index (κ3) is 2.48. The van der Waals surface area contributed by atoms with Crippen molar-refractivity contribution >= 4 is 5.69 Å². The van der Waals surface area contributed by atoms with Gasteiger partial charge in [-0.25, -0.2) is 8.78 Å². The maximum atomic E-state index is 12.9. The largest absolute Gasteiger partial charge is 0.457 e. The Morgan fingerprint density at radius 1 is 0.875 bits per heavy atom. The minimum absolute atomic E-state index is 0.100. The maximum Gasteiger partial charge on any atom is 0.133 e. The molecule has 2 aromatic carbocycles. The molecule has 0 heterocycles. The van der Waals surface area contributed by atoms with E-state index in [1.165, 1.54) is 0 Å². The fourth-order valence-electron chi connectivity index (χ4n) is 1.30. The molecule has 0 aliphatic heterocycles. The minimum Gasteiger partial charge on any atom is -0.457 e. The van der Waals surface area contributed by atoms with Gasteiger partial charge >= 0.3 is 0 Å². The first kappa shape index (κ1) is 10.4. The zero-order valence-corrected chi connectivity index (χ0v) is 8.28. The summed E-state index contributed by atoms with van der Waals surface area (Å²) in [5.74, 6) is -0.828. The van der Waals surface area contributed by atoms with Crippen molar-refractivity contribution in [1.82, 2.24) is 0 Å². The summed E-state index contributed by atoms with van der Waals surface area (Å²) >= 11 is 0. The predicted octanol–water partition coefficient (Wildman–Crippen LogP) is 3.34. The Kier molecular flexibility index (Phi) is 2.72. The van der Waals surface area contributed by atoms with Gasteiger partial charge in [0, 0.05) is 30.0 Å². The topological polar surface area (TPSA) is 35.2 Å². The lowest BCUT2D eigenvalue weighted by Gasteiger charge is -2.06. The summed E-state index contributed by atoms with van der Waals surface area (Å²) in [5, 5.41) is 0. The average molecular weight is 221 g/mol. The van der Waals surface area contributed by atoms with Crippen LogP contribution < -0.4 is 10.5 Å². The highest BCUT2D eigenvalue weighted by molar-refractivity contribution is 5.45. The van der Waals surface area contributed by atoms with Gasteiger partial charge in [0.15, 0.2) is 0 Å². The van der Waals surface area contributed by atoms with Crippen molar-refractivity contribution in [2.24, 2.45) is 0 Å². The molecular weight excluding hydrogens is 212 g/mol. The number of hydrogen-bond acceptors (Lipinski definition) is 2. The molecular formula is C12H9F2NO. The number of benzene rings is 2. The van der Waals surface area contributed by atoms with Crippen molar-refractivity contribution in [1.29, 1.82) is 0 Å². The van der Waals surface area contributed by atoms with Crippen molar-refractivity contribution in [3.63, 3.8) is 0 Å². The molecule has 2 nitrogen and oxygen atoms in total. The van der Waals surface area contributed by atoms with Crippen LogP contribution in [0.1, 0.15) is 0 Å². The van der Waals surface area contributed by atoms with E-state index in [1.807, 2.05) is 0 Å². The Morgan fingerprint density at radius 3 is 2.19 bits per heavy atom. The van der Waals surface area contributed by atoms with Crippen molar-refractivity contribution in [2.45, 2.75) is 0 Å². The molecule has 16 heavy (non-hydrogen) atoms. The summed E-state index contributed by atoms with van der Waals surface area (Å²) in [5.41, 5.74) is 6.07. The molecule has 0 amide bonds. The van der Waals surface area contributed by atoms with E-state index in [2.05, 4.69) is 0 Å². The van der Waals surface area contributed by atoms with Crippen molar-refractivity contribution in [3.05, 3.63) is 54.1 Å². The van der Waals surface area contributed by atoms with Crippen LogP contribution in [-0.4, -0.2) is 0 Å². The third-order valence-corrected chi connectivity index (χ3v) is 1.93. The van der Waals surface area contributed by atoms with Crippen LogP contribution in [0.2, 0.25) is 0 Å². The van der Waals surface area contributed by atoms with Gasteiger partial charge in [-0.1, -0.05) is 6.07 Å². The standard InChI is InChI=1S/C12H9F2NO/c13-8-4-9(14)6-12(5-8)16-11-3-1-2-10(15)7-11/h1-7H,15H2. The van der Waals surface area contributed by atoms with Gasteiger partial charge in [-0.2, -0.15) is 0 Å². The van der Waals surface area contributed by atoms with E-state index in [9.17, 15) is 8.78 Å². The summed E-state index contributed by atoms with van der Waals surface area (Å²) < 4.78 is 31.0.